The molecule has 11 heteroatoms. The van der Waals surface area contributed by atoms with Crippen molar-refractivity contribution in [3.63, 3.8) is 0 Å². The predicted molar refractivity (Wildman–Crippen MR) is 135 cm³/mol. The number of benzene rings is 2. The molecule has 2 fully saturated rings. The van der Waals surface area contributed by atoms with Crippen LogP contribution in [0.2, 0.25) is 0 Å². The van der Waals surface area contributed by atoms with Gasteiger partial charge in [0.25, 0.3) is 11.6 Å². The lowest BCUT2D eigenvalue weighted by atomic mass is 9.90. The number of carbonyl (C=O) groups is 3. The smallest absolute Gasteiger partial charge is 0.341 e. The molecule has 0 unspecified atom stereocenters. The van der Waals surface area contributed by atoms with Crippen LogP contribution < -0.4 is 9.96 Å². The zero-order chi connectivity index (χ0) is 26.4. The van der Waals surface area contributed by atoms with Gasteiger partial charge in [-0.3, -0.25) is 24.5 Å². The highest BCUT2D eigenvalue weighted by Gasteiger charge is 2.61. The van der Waals surface area contributed by atoms with Gasteiger partial charge in [0.2, 0.25) is 5.91 Å². The number of amides is 2. The number of para-hydroxylation sites is 1. The number of nitro benzene ring substituents is 1. The molecule has 2 saturated heterocycles. The number of fused-ring (bicyclic) bond motifs is 1. The fourth-order valence-electron chi connectivity index (χ4n) is 4.76. The molecule has 190 valence electrons. The predicted octanol–water partition coefficient (Wildman–Crippen LogP) is 4.50. The number of aryl methyl sites for hydroxylation is 1. The molecule has 0 aliphatic carbocycles. The van der Waals surface area contributed by atoms with Crippen molar-refractivity contribution in [1.29, 1.82) is 0 Å². The maximum absolute atomic E-state index is 13.9. The van der Waals surface area contributed by atoms with Crippen molar-refractivity contribution < 1.29 is 28.9 Å². The van der Waals surface area contributed by atoms with E-state index in [9.17, 15) is 24.5 Å². The molecule has 0 saturated carbocycles. The maximum atomic E-state index is 13.9. The second kappa shape index (κ2) is 9.41. The van der Waals surface area contributed by atoms with E-state index in [0.29, 0.717) is 16.8 Å². The van der Waals surface area contributed by atoms with Gasteiger partial charge in [-0.15, -0.1) is 11.3 Å². The minimum absolute atomic E-state index is 0.0930. The average molecular weight is 522 g/mol. The molecule has 2 aromatic carbocycles. The van der Waals surface area contributed by atoms with Crippen molar-refractivity contribution in [1.82, 2.24) is 0 Å². The standard InChI is InChI=1S/C26H23N3O7S/c1-4-35-26(32)19-14(2)15(3)37-25(19)27-23(30)20-21(16-10-12-18(13-11-16)29(33)34)28(36-22(20)24(27)31)17-8-6-5-7-9-17/h5-13,20-22H,4H2,1-3H3/t20-,21+,22+/m0/s1. The van der Waals surface area contributed by atoms with Gasteiger partial charge < -0.3 is 4.74 Å². The number of nitro groups is 1. The third kappa shape index (κ3) is 3.96. The first-order chi connectivity index (χ1) is 17.7. The summed E-state index contributed by atoms with van der Waals surface area (Å²) in [4.78, 5) is 59.0. The van der Waals surface area contributed by atoms with E-state index in [1.807, 2.05) is 13.0 Å². The van der Waals surface area contributed by atoms with Crippen LogP contribution in [0, 0.1) is 29.9 Å². The van der Waals surface area contributed by atoms with Crippen LogP contribution in [0.15, 0.2) is 54.6 Å². The second-order valence-electron chi connectivity index (χ2n) is 8.70. The van der Waals surface area contributed by atoms with Gasteiger partial charge >= 0.3 is 5.97 Å². The Labute approximate surface area is 216 Å². The molecule has 37 heavy (non-hydrogen) atoms. The minimum Gasteiger partial charge on any atom is -0.462 e. The van der Waals surface area contributed by atoms with Crippen molar-refractivity contribution in [2.45, 2.75) is 32.9 Å². The lowest BCUT2D eigenvalue weighted by molar-refractivity contribution is -0.384. The number of hydrogen-bond acceptors (Lipinski definition) is 9. The van der Waals surface area contributed by atoms with Crippen molar-refractivity contribution in [3.8, 4) is 0 Å². The molecule has 0 spiro atoms. The molecular formula is C26H23N3O7S. The summed E-state index contributed by atoms with van der Waals surface area (Å²) in [6.07, 6.45) is -1.13. The Kier molecular flexibility index (Phi) is 6.26. The van der Waals surface area contributed by atoms with Crippen LogP contribution in [0.1, 0.15) is 39.3 Å². The fraction of sp³-hybridized carbons (Fsp3) is 0.269. The monoisotopic (exact) mass is 521 g/mol. The molecule has 2 aliphatic rings. The first kappa shape index (κ1) is 24.6. The number of hydroxylamine groups is 1. The summed E-state index contributed by atoms with van der Waals surface area (Å²) < 4.78 is 5.21. The van der Waals surface area contributed by atoms with Crippen LogP contribution in [-0.4, -0.2) is 35.4 Å². The van der Waals surface area contributed by atoms with E-state index in [1.54, 1.807) is 50.2 Å². The highest BCUT2D eigenvalue weighted by molar-refractivity contribution is 7.17. The Morgan fingerprint density at radius 3 is 2.38 bits per heavy atom. The average Bonchev–Trinajstić information content (AvgIpc) is 3.50. The third-order valence-electron chi connectivity index (χ3n) is 6.62. The fourth-order valence-corrected chi connectivity index (χ4v) is 5.91. The first-order valence-corrected chi connectivity index (χ1v) is 12.5. The summed E-state index contributed by atoms with van der Waals surface area (Å²) in [5.41, 5.74) is 1.95. The van der Waals surface area contributed by atoms with E-state index < -0.39 is 40.8 Å². The Bertz CT molecular complexity index is 1400. The number of imide groups is 1. The number of carbonyl (C=O) groups excluding carboxylic acids is 3. The second-order valence-corrected chi connectivity index (χ2v) is 9.91. The molecule has 2 amide bonds. The molecule has 2 aliphatic heterocycles. The minimum atomic E-state index is -1.13. The molecule has 0 N–H and O–H groups in total. The van der Waals surface area contributed by atoms with E-state index in [4.69, 9.17) is 9.57 Å². The summed E-state index contributed by atoms with van der Waals surface area (Å²) in [6.45, 7) is 5.40. The van der Waals surface area contributed by atoms with Gasteiger partial charge in [0.05, 0.1) is 28.8 Å². The summed E-state index contributed by atoms with van der Waals surface area (Å²) in [5.74, 6) is -2.63. The van der Waals surface area contributed by atoms with Gasteiger partial charge in [-0.25, -0.2) is 14.8 Å². The largest absolute Gasteiger partial charge is 0.462 e. The number of thiophene rings is 1. The molecule has 3 atom stereocenters. The lowest BCUT2D eigenvalue weighted by Crippen LogP contribution is -2.37. The highest BCUT2D eigenvalue weighted by atomic mass is 32.1. The van der Waals surface area contributed by atoms with Crippen LogP contribution in [0.3, 0.4) is 0 Å². The van der Waals surface area contributed by atoms with Crippen molar-refractivity contribution >= 4 is 45.5 Å². The molecule has 3 heterocycles. The molecule has 0 radical (unpaired) electrons. The Morgan fingerprint density at radius 2 is 1.76 bits per heavy atom. The van der Waals surface area contributed by atoms with E-state index in [0.717, 1.165) is 9.78 Å². The third-order valence-corrected chi connectivity index (χ3v) is 7.81. The van der Waals surface area contributed by atoms with Crippen LogP contribution in [-0.2, 0) is 19.2 Å². The van der Waals surface area contributed by atoms with Gasteiger partial charge in [0, 0.05) is 17.0 Å². The summed E-state index contributed by atoms with van der Waals surface area (Å²) in [6, 6.07) is 14.1. The molecule has 3 aromatic rings. The van der Waals surface area contributed by atoms with Crippen LogP contribution in [0.5, 0.6) is 0 Å². The Morgan fingerprint density at radius 1 is 1.08 bits per heavy atom. The van der Waals surface area contributed by atoms with Crippen LogP contribution in [0.4, 0.5) is 16.4 Å². The number of rotatable bonds is 6. The topological polar surface area (TPSA) is 119 Å². The van der Waals surface area contributed by atoms with Crippen LogP contribution in [0.25, 0.3) is 0 Å². The quantitative estimate of drug-likeness (QED) is 0.201. The molecule has 0 bridgehead atoms. The number of anilines is 2. The Hall–Kier alpha value is -4.09. The van der Waals surface area contributed by atoms with Crippen molar-refractivity contribution in [2.24, 2.45) is 5.92 Å². The maximum Gasteiger partial charge on any atom is 0.341 e. The zero-order valence-electron chi connectivity index (χ0n) is 20.2. The number of hydrogen-bond donors (Lipinski definition) is 0. The normalized spacial score (nSPS) is 20.9. The summed E-state index contributed by atoms with van der Waals surface area (Å²) >= 11 is 1.18. The van der Waals surface area contributed by atoms with Gasteiger partial charge in [-0.05, 0) is 44.0 Å². The van der Waals surface area contributed by atoms with Gasteiger partial charge in [-0.1, -0.05) is 30.3 Å². The van der Waals surface area contributed by atoms with Gasteiger partial charge in [-0.2, -0.15) is 0 Å². The molecule has 1 aromatic heterocycles. The van der Waals surface area contributed by atoms with E-state index in [2.05, 4.69) is 0 Å². The number of ether oxygens (including phenoxy) is 1. The summed E-state index contributed by atoms with van der Waals surface area (Å²) in [5, 5.41) is 12.9. The van der Waals surface area contributed by atoms with Crippen molar-refractivity contribution in [3.05, 3.63) is 86.3 Å². The number of nitrogens with zero attached hydrogens (tertiary/aromatic N) is 3. The zero-order valence-corrected chi connectivity index (χ0v) is 21.1. The Balaban J connectivity index is 1.59. The first-order valence-electron chi connectivity index (χ1n) is 11.6. The highest BCUT2D eigenvalue weighted by Crippen LogP contribution is 2.49. The van der Waals surface area contributed by atoms with Gasteiger partial charge in [0.15, 0.2) is 6.10 Å². The van der Waals surface area contributed by atoms with E-state index in [-0.39, 0.29) is 22.9 Å². The molecular weight excluding hydrogens is 498 g/mol. The lowest BCUT2D eigenvalue weighted by Gasteiger charge is -2.28. The van der Waals surface area contributed by atoms with Crippen molar-refractivity contribution in [2.75, 3.05) is 16.6 Å². The van der Waals surface area contributed by atoms with Gasteiger partial charge in [0.1, 0.15) is 10.9 Å². The number of esters is 1. The SMILES string of the molecule is CCOC(=O)c1c(N2C(=O)[C@H]3[C@@H](c4ccc([N+](=O)[O-])cc4)N(c4ccccc4)O[C@H]3C2=O)sc(C)c1C. The summed E-state index contributed by atoms with van der Waals surface area (Å²) in [7, 11) is 0. The number of non-ortho nitro benzene ring substituents is 1. The van der Waals surface area contributed by atoms with Crippen LogP contribution >= 0.6 is 11.3 Å². The molecule has 5 rings (SSSR count). The molecule has 10 nitrogen and oxygen atoms in total. The van der Waals surface area contributed by atoms with E-state index in [1.165, 1.54) is 28.5 Å². The van der Waals surface area contributed by atoms with E-state index >= 15 is 0 Å².